The monoisotopic (exact) mass is 438 g/mol. The third-order valence-corrected chi connectivity index (χ3v) is 5.06. The lowest BCUT2D eigenvalue weighted by molar-refractivity contribution is -0.144. The van der Waals surface area contributed by atoms with Gasteiger partial charge in [-0.2, -0.15) is 0 Å². The van der Waals surface area contributed by atoms with Crippen LogP contribution in [0.2, 0.25) is 0 Å². The van der Waals surface area contributed by atoms with E-state index in [1.54, 1.807) is 41.5 Å². The van der Waals surface area contributed by atoms with Gasteiger partial charge in [-0.3, -0.25) is 19.2 Å². The van der Waals surface area contributed by atoms with E-state index in [0.717, 1.165) is 0 Å². The first-order valence-electron chi connectivity index (χ1n) is 11.2. The van der Waals surface area contributed by atoms with Crippen molar-refractivity contribution >= 4 is 23.3 Å². The lowest BCUT2D eigenvalue weighted by Crippen LogP contribution is -2.55. The number of carbonyl (C=O) groups is 4. The van der Waals surface area contributed by atoms with E-state index in [9.17, 15) is 19.2 Å². The molecule has 6 nitrogen and oxygen atoms in total. The van der Waals surface area contributed by atoms with E-state index in [0.29, 0.717) is 6.42 Å². The first kappa shape index (κ1) is 29.4. The highest BCUT2D eigenvalue weighted by Gasteiger charge is 2.35. The van der Waals surface area contributed by atoms with Crippen molar-refractivity contribution in [3.05, 3.63) is 0 Å². The summed E-state index contributed by atoms with van der Waals surface area (Å²) in [5, 5.41) is 3.30. The molecule has 0 fully saturated rings. The van der Waals surface area contributed by atoms with Crippen molar-refractivity contribution in [1.82, 2.24) is 10.2 Å². The van der Waals surface area contributed by atoms with Gasteiger partial charge < -0.3 is 10.2 Å². The Labute approximate surface area is 189 Å². The SMILES string of the molecule is CC(C)(C)NC(CCC(=O)C(C)(C)C)C(=O)N(CC(=O)C(C)(C)C)CC(=O)C(C)(C)C. The fourth-order valence-electron chi connectivity index (χ4n) is 2.68. The van der Waals surface area contributed by atoms with Crippen LogP contribution in [0.15, 0.2) is 0 Å². The van der Waals surface area contributed by atoms with Gasteiger partial charge in [0.05, 0.1) is 19.1 Å². The third-order valence-electron chi connectivity index (χ3n) is 5.06. The number of Topliss-reactive ketones (excluding diaryl/α,β-unsaturated/α-hetero) is 3. The normalized spacial score (nSPS) is 14.2. The van der Waals surface area contributed by atoms with Crippen LogP contribution in [0.25, 0.3) is 0 Å². The standard InChI is InChI=1S/C25H46N2O4/c1-22(2,3)18(28)14-13-17(26-25(10,11)12)21(31)27(15-19(29)23(4,5)6)16-20(30)24(7,8)9/h17,26H,13-16H2,1-12H3. The number of rotatable bonds is 9. The van der Waals surface area contributed by atoms with Gasteiger partial charge in [-0.25, -0.2) is 0 Å². The fourth-order valence-corrected chi connectivity index (χ4v) is 2.68. The molecular weight excluding hydrogens is 392 g/mol. The topological polar surface area (TPSA) is 83.6 Å². The smallest absolute Gasteiger partial charge is 0.240 e. The minimum atomic E-state index is -0.660. The molecule has 0 saturated heterocycles. The van der Waals surface area contributed by atoms with Crippen molar-refractivity contribution in [3.63, 3.8) is 0 Å². The number of carbonyl (C=O) groups excluding carboxylic acids is 4. The van der Waals surface area contributed by atoms with Crippen LogP contribution in [0, 0.1) is 16.2 Å². The summed E-state index contributed by atoms with van der Waals surface area (Å²) in [6.07, 6.45) is 0.563. The molecule has 0 radical (unpaired) electrons. The van der Waals surface area contributed by atoms with Gasteiger partial charge in [0, 0.05) is 28.2 Å². The van der Waals surface area contributed by atoms with Gasteiger partial charge in [0.25, 0.3) is 0 Å². The van der Waals surface area contributed by atoms with Gasteiger partial charge in [0.15, 0.2) is 11.6 Å². The highest BCUT2D eigenvalue weighted by Crippen LogP contribution is 2.22. The van der Waals surface area contributed by atoms with E-state index >= 15 is 0 Å². The maximum absolute atomic E-state index is 13.6. The first-order valence-corrected chi connectivity index (χ1v) is 11.2. The quantitative estimate of drug-likeness (QED) is 0.583. The molecule has 180 valence electrons. The molecule has 0 saturated carbocycles. The molecule has 0 spiro atoms. The molecule has 0 aromatic rings. The van der Waals surface area contributed by atoms with Crippen LogP contribution in [0.1, 0.15) is 95.9 Å². The van der Waals surface area contributed by atoms with Crippen LogP contribution in [0.4, 0.5) is 0 Å². The lowest BCUT2D eigenvalue weighted by atomic mass is 9.86. The highest BCUT2D eigenvalue weighted by atomic mass is 16.2. The highest BCUT2D eigenvalue weighted by molar-refractivity contribution is 5.95. The Kier molecular flexibility index (Phi) is 9.85. The summed E-state index contributed by atoms with van der Waals surface area (Å²) in [6, 6.07) is -0.660. The van der Waals surface area contributed by atoms with E-state index in [1.807, 2.05) is 41.5 Å². The van der Waals surface area contributed by atoms with Crippen molar-refractivity contribution < 1.29 is 19.2 Å². The zero-order chi connectivity index (χ0) is 25.0. The van der Waals surface area contributed by atoms with Crippen molar-refractivity contribution in [2.75, 3.05) is 13.1 Å². The van der Waals surface area contributed by atoms with Crippen LogP contribution in [0.3, 0.4) is 0 Å². The molecule has 31 heavy (non-hydrogen) atoms. The maximum Gasteiger partial charge on any atom is 0.240 e. The molecule has 1 atom stereocenters. The maximum atomic E-state index is 13.6. The summed E-state index contributed by atoms with van der Waals surface area (Å²) in [6.45, 7) is 22.0. The molecule has 0 heterocycles. The van der Waals surface area contributed by atoms with E-state index in [1.165, 1.54) is 4.90 Å². The zero-order valence-corrected chi connectivity index (χ0v) is 22.0. The molecular formula is C25H46N2O4. The van der Waals surface area contributed by atoms with E-state index in [4.69, 9.17) is 0 Å². The van der Waals surface area contributed by atoms with E-state index in [2.05, 4.69) is 5.32 Å². The van der Waals surface area contributed by atoms with Crippen LogP contribution in [-0.2, 0) is 19.2 Å². The molecule has 6 heteroatoms. The molecule has 0 aliphatic heterocycles. The summed E-state index contributed by atoms with van der Waals surface area (Å²) in [5.41, 5.74) is -2.12. The van der Waals surface area contributed by atoms with E-state index < -0.39 is 22.3 Å². The van der Waals surface area contributed by atoms with Gasteiger partial charge in [0.2, 0.25) is 5.91 Å². The van der Waals surface area contributed by atoms with E-state index in [-0.39, 0.29) is 48.3 Å². The summed E-state index contributed by atoms with van der Waals surface area (Å²) in [7, 11) is 0. The summed E-state index contributed by atoms with van der Waals surface area (Å²) >= 11 is 0. The summed E-state index contributed by atoms with van der Waals surface area (Å²) < 4.78 is 0. The fraction of sp³-hybridized carbons (Fsp3) is 0.840. The second-order valence-corrected chi connectivity index (χ2v) is 12.7. The third kappa shape index (κ3) is 11.0. The molecule has 1 unspecified atom stereocenters. The molecule has 1 N–H and O–H groups in total. The van der Waals surface area contributed by atoms with Crippen LogP contribution in [0.5, 0.6) is 0 Å². The van der Waals surface area contributed by atoms with Gasteiger partial charge in [-0.1, -0.05) is 62.3 Å². The first-order chi connectivity index (χ1) is 13.6. The van der Waals surface area contributed by atoms with Crippen molar-refractivity contribution in [2.45, 2.75) is 108 Å². The number of hydrogen-bond donors (Lipinski definition) is 1. The minimum Gasteiger partial charge on any atom is -0.327 e. The van der Waals surface area contributed by atoms with Gasteiger partial charge in [-0.05, 0) is 27.2 Å². The molecule has 0 aromatic carbocycles. The number of nitrogens with zero attached hydrogens (tertiary/aromatic N) is 1. The Morgan fingerprint density at radius 2 is 1.00 bits per heavy atom. The number of amides is 1. The average Bonchev–Trinajstić information content (AvgIpc) is 2.53. The van der Waals surface area contributed by atoms with Gasteiger partial charge in [-0.15, -0.1) is 0 Å². The predicted molar refractivity (Wildman–Crippen MR) is 126 cm³/mol. The molecule has 0 rings (SSSR count). The Balaban J connectivity index is 5.88. The predicted octanol–water partition coefficient (Wildman–Crippen LogP) is 4.20. The second-order valence-electron chi connectivity index (χ2n) is 12.7. The minimum absolute atomic E-state index is 0.0732. The zero-order valence-electron chi connectivity index (χ0n) is 22.0. The van der Waals surface area contributed by atoms with Crippen LogP contribution < -0.4 is 5.32 Å². The Morgan fingerprint density at radius 3 is 1.29 bits per heavy atom. The van der Waals surface area contributed by atoms with Crippen molar-refractivity contribution in [3.8, 4) is 0 Å². The second kappa shape index (κ2) is 10.4. The van der Waals surface area contributed by atoms with Crippen molar-refractivity contribution in [1.29, 1.82) is 0 Å². The van der Waals surface area contributed by atoms with Crippen LogP contribution in [-0.4, -0.2) is 52.8 Å². The number of nitrogens with one attached hydrogen (secondary N) is 1. The summed E-state index contributed by atoms with van der Waals surface area (Å²) in [5.74, 6) is -0.457. The molecule has 0 aromatic heterocycles. The lowest BCUT2D eigenvalue weighted by Gasteiger charge is -2.34. The number of ketones is 3. The molecule has 0 aliphatic carbocycles. The molecule has 0 aliphatic rings. The largest absolute Gasteiger partial charge is 0.327 e. The summed E-state index contributed by atoms with van der Waals surface area (Å²) in [4.78, 5) is 52.9. The number of hydrogen-bond acceptors (Lipinski definition) is 5. The van der Waals surface area contributed by atoms with Crippen LogP contribution >= 0.6 is 0 Å². The average molecular weight is 439 g/mol. The van der Waals surface area contributed by atoms with Gasteiger partial charge >= 0.3 is 0 Å². The molecule has 1 amide bonds. The van der Waals surface area contributed by atoms with Gasteiger partial charge in [0.1, 0.15) is 5.78 Å². The Hall–Kier alpha value is -1.56. The van der Waals surface area contributed by atoms with Crippen molar-refractivity contribution in [2.24, 2.45) is 16.2 Å². The Morgan fingerprint density at radius 1 is 0.645 bits per heavy atom. The molecule has 0 bridgehead atoms. The Bertz CT molecular complexity index is 640.